The van der Waals surface area contributed by atoms with Crippen LogP contribution in [0.4, 0.5) is 5.69 Å². The van der Waals surface area contributed by atoms with Crippen molar-refractivity contribution in [3.8, 4) is 0 Å². The summed E-state index contributed by atoms with van der Waals surface area (Å²) in [4.78, 5) is 1.31. The van der Waals surface area contributed by atoms with Crippen molar-refractivity contribution in [2.45, 2.75) is 30.3 Å². The normalized spacial score (nSPS) is 15.5. The van der Waals surface area contributed by atoms with Gasteiger partial charge in [-0.05, 0) is 58.4 Å². The number of rotatable bonds is 5. The number of nitrogens with two attached hydrogens (primary N) is 1. The second-order valence-corrected chi connectivity index (χ2v) is 8.82. The molecule has 0 amide bonds. The predicted molar refractivity (Wildman–Crippen MR) is 88.6 cm³/mol. The fourth-order valence-corrected chi connectivity index (χ4v) is 4.88. The van der Waals surface area contributed by atoms with E-state index in [1.54, 1.807) is 27.8 Å². The van der Waals surface area contributed by atoms with Crippen molar-refractivity contribution in [2.24, 2.45) is 0 Å². The Bertz CT molecular complexity index is 740. The van der Waals surface area contributed by atoms with Gasteiger partial charge in [0.25, 0.3) is 0 Å². The Morgan fingerprint density at radius 1 is 1.33 bits per heavy atom. The summed E-state index contributed by atoms with van der Waals surface area (Å²) in [6, 6.07) is 8.81. The monoisotopic (exact) mass is 386 g/mol. The summed E-state index contributed by atoms with van der Waals surface area (Å²) in [7, 11) is -3.51. The molecule has 1 saturated carbocycles. The van der Waals surface area contributed by atoms with Crippen LogP contribution in [-0.2, 0) is 16.6 Å². The van der Waals surface area contributed by atoms with Gasteiger partial charge in [-0.3, -0.25) is 0 Å². The quantitative estimate of drug-likeness (QED) is 0.800. The van der Waals surface area contributed by atoms with Gasteiger partial charge < -0.3 is 5.73 Å². The van der Waals surface area contributed by atoms with E-state index < -0.39 is 10.0 Å². The zero-order valence-corrected chi connectivity index (χ0v) is 14.4. The smallest absolute Gasteiger partial charge is 0.243 e. The molecule has 1 aromatic carbocycles. The van der Waals surface area contributed by atoms with Crippen molar-refractivity contribution < 1.29 is 8.42 Å². The zero-order valence-electron chi connectivity index (χ0n) is 11.2. The summed E-state index contributed by atoms with van der Waals surface area (Å²) in [6.45, 7) is 0.431. The minimum absolute atomic E-state index is 0.113. The first kappa shape index (κ1) is 15.0. The van der Waals surface area contributed by atoms with Gasteiger partial charge in [0.1, 0.15) is 0 Å². The molecule has 1 fully saturated rings. The van der Waals surface area contributed by atoms with Crippen molar-refractivity contribution in [1.82, 2.24) is 4.31 Å². The van der Waals surface area contributed by atoms with Gasteiger partial charge in [0.05, 0.1) is 4.90 Å². The highest BCUT2D eigenvalue weighted by Crippen LogP contribution is 2.35. The third-order valence-electron chi connectivity index (χ3n) is 3.42. The number of sulfonamides is 1. The van der Waals surface area contributed by atoms with Crippen LogP contribution >= 0.6 is 27.3 Å². The molecule has 0 spiro atoms. The Hall–Kier alpha value is -0.890. The van der Waals surface area contributed by atoms with Gasteiger partial charge in [-0.2, -0.15) is 4.31 Å². The van der Waals surface area contributed by atoms with Gasteiger partial charge in [0.15, 0.2) is 0 Å². The van der Waals surface area contributed by atoms with Gasteiger partial charge in [-0.15, -0.1) is 11.3 Å². The molecule has 0 aliphatic heterocycles. The van der Waals surface area contributed by atoms with E-state index in [2.05, 4.69) is 15.9 Å². The molecule has 7 heteroatoms. The summed E-state index contributed by atoms with van der Waals surface area (Å²) >= 11 is 4.87. The molecule has 0 unspecified atom stereocenters. The number of nitrogen functional groups attached to an aromatic ring is 1. The Morgan fingerprint density at radius 2 is 2.10 bits per heavy atom. The van der Waals surface area contributed by atoms with Crippen LogP contribution in [0.3, 0.4) is 0 Å². The molecule has 2 aromatic rings. The van der Waals surface area contributed by atoms with Crippen molar-refractivity contribution in [2.75, 3.05) is 5.73 Å². The topological polar surface area (TPSA) is 63.4 Å². The molecule has 4 nitrogen and oxygen atoms in total. The van der Waals surface area contributed by atoms with Gasteiger partial charge >= 0.3 is 0 Å². The van der Waals surface area contributed by atoms with E-state index in [0.717, 1.165) is 17.7 Å². The van der Waals surface area contributed by atoms with Crippen LogP contribution in [-0.4, -0.2) is 18.8 Å². The highest BCUT2D eigenvalue weighted by Gasteiger charge is 2.38. The Kier molecular flexibility index (Phi) is 4.09. The van der Waals surface area contributed by atoms with Crippen LogP contribution < -0.4 is 5.73 Å². The number of nitrogens with zero attached hydrogens (tertiary/aromatic N) is 1. The molecule has 21 heavy (non-hydrogen) atoms. The first-order valence-corrected chi connectivity index (χ1v) is 9.69. The third-order valence-corrected chi connectivity index (χ3v) is 6.90. The molecule has 2 N–H and O–H groups in total. The van der Waals surface area contributed by atoms with Crippen molar-refractivity contribution in [3.63, 3.8) is 0 Å². The molecule has 1 aromatic heterocycles. The zero-order chi connectivity index (χ0) is 15.0. The summed E-state index contributed by atoms with van der Waals surface area (Å²) in [5.74, 6) is 0. The summed E-state index contributed by atoms with van der Waals surface area (Å²) in [5, 5.41) is 1.96. The van der Waals surface area contributed by atoms with Crippen LogP contribution in [0.2, 0.25) is 0 Å². The molecule has 0 saturated heterocycles. The maximum Gasteiger partial charge on any atom is 0.243 e. The molecule has 0 atom stereocenters. The van der Waals surface area contributed by atoms with Gasteiger partial charge in [-0.25, -0.2) is 8.42 Å². The SMILES string of the molecule is Nc1cc(S(=O)(=O)N(Cc2cccs2)C2CC2)ccc1Br. The minimum Gasteiger partial charge on any atom is -0.398 e. The van der Waals surface area contributed by atoms with Gasteiger partial charge in [-0.1, -0.05) is 6.07 Å². The lowest BCUT2D eigenvalue weighted by molar-refractivity contribution is 0.401. The van der Waals surface area contributed by atoms with E-state index in [4.69, 9.17) is 5.73 Å². The summed E-state index contributed by atoms with van der Waals surface area (Å²) in [6.07, 6.45) is 1.85. The standard InChI is InChI=1S/C14H15BrN2O2S2/c15-13-6-5-12(8-14(13)16)21(18,19)17(10-3-4-10)9-11-2-1-7-20-11/h1-2,5-8,10H,3-4,9,16H2. The highest BCUT2D eigenvalue weighted by molar-refractivity contribution is 9.10. The van der Waals surface area contributed by atoms with Crippen LogP contribution in [0.1, 0.15) is 17.7 Å². The molecule has 3 rings (SSSR count). The molecule has 1 aliphatic carbocycles. The lowest BCUT2D eigenvalue weighted by Gasteiger charge is -2.21. The number of anilines is 1. The second kappa shape index (κ2) is 5.72. The van der Waals surface area contributed by atoms with Crippen LogP contribution in [0, 0.1) is 0 Å². The summed E-state index contributed by atoms with van der Waals surface area (Å²) in [5.41, 5.74) is 6.25. The fourth-order valence-electron chi connectivity index (χ4n) is 2.15. The number of hydrogen-bond donors (Lipinski definition) is 1. The Labute approximate surface area is 136 Å². The van der Waals surface area contributed by atoms with Crippen LogP contribution in [0.15, 0.2) is 45.1 Å². The predicted octanol–water partition coefficient (Wildman–Crippen LogP) is 3.45. The van der Waals surface area contributed by atoms with E-state index in [0.29, 0.717) is 16.7 Å². The van der Waals surface area contributed by atoms with E-state index >= 15 is 0 Å². The largest absolute Gasteiger partial charge is 0.398 e. The Balaban J connectivity index is 1.95. The molecule has 0 radical (unpaired) electrons. The molecule has 1 aliphatic rings. The number of benzene rings is 1. The molecular weight excluding hydrogens is 372 g/mol. The summed E-state index contributed by atoms with van der Waals surface area (Å²) < 4.78 is 28.0. The van der Waals surface area contributed by atoms with Crippen molar-refractivity contribution in [3.05, 3.63) is 45.1 Å². The number of hydrogen-bond acceptors (Lipinski definition) is 4. The van der Waals surface area contributed by atoms with E-state index in [1.165, 1.54) is 6.07 Å². The highest BCUT2D eigenvalue weighted by atomic mass is 79.9. The molecule has 0 bridgehead atoms. The van der Waals surface area contributed by atoms with Gasteiger partial charge in [0.2, 0.25) is 10.0 Å². The van der Waals surface area contributed by atoms with Crippen molar-refractivity contribution >= 4 is 43.0 Å². The first-order valence-electron chi connectivity index (χ1n) is 6.58. The van der Waals surface area contributed by atoms with Crippen LogP contribution in [0.25, 0.3) is 0 Å². The average molecular weight is 387 g/mol. The maximum absolute atomic E-state index is 12.9. The van der Waals surface area contributed by atoms with E-state index in [9.17, 15) is 8.42 Å². The molecular formula is C14H15BrN2O2S2. The lowest BCUT2D eigenvalue weighted by atomic mass is 10.3. The van der Waals surface area contributed by atoms with E-state index in [-0.39, 0.29) is 10.9 Å². The maximum atomic E-state index is 12.9. The Morgan fingerprint density at radius 3 is 2.67 bits per heavy atom. The minimum atomic E-state index is -3.51. The van der Waals surface area contributed by atoms with E-state index in [1.807, 2.05) is 17.5 Å². The van der Waals surface area contributed by atoms with Crippen LogP contribution in [0.5, 0.6) is 0 Å². The first-order chi connectivity index (χ1) is 9.98. The average Bonchev–Trinajstić information content (AvgIpc) is 3.15. The molecule has 1 heterocycles. The van der Waals surface area contributed by atoms with Crippen molar-refractivity contribution in [1.29, 1.82) is 0 Å². The number of thiophene rings is 1. The molecule has 112 valence electrons. The third kappa shape index (κ3) is 3.15. The second-order valence-electron chi connectivity index (χ2n) is 5.04. The lowest BCUT2D eigenvalue weighted by Crippen LogP contribution is -2.32. The number of halogens is 1. The van der Waals surface area contributed by atoms with Gasteiger partial charge in [0, 0.05) is 27.6 Å². The fraction of sp³-hybridized carbons (Fsp3) is 0.286.